The van der Waals surface area contributed by atoms with E-state index in [9.17, 15) is 4.79 Å². The van der Waals surface area contributed by atoms with Crippen LogP contribution in [0.4, 0.5) is 0 Å². The summed E-state index contributed by atoms with van der Waals surface area (Å²) < 4.78 is 0. The second-order valence-electron chi connectivity index (χ2n) is 6.14. The van der Waals surface area contributed by atoms with Crippen LogP contribution in [0.3, 0.4) is 0 Å². The molecule has 0 aromatic heterocycles. The molecule has 1 aromatic rings. The lowest BCUT2D eigenvalue weighted by molar-refractivity contribution is 0.0635. The van der Waals surface area contributed by atoms with Gasteiger partial charge in [0.1, 0.15) is 0 Å². The van der Waals surface area contributed by atoms with Crippen molar-refractivity contribution in [3.05, 3.63) is 34.9 Å². The average Bonchev–Trinajstić information content (AvgIpc) is 2.50. The van der Waals surface area contributed by atoms with Crippen molar-refractivity contribution in [2.75, 3.05) is 32.7 Å². The number of rotatable bonds is 5. The van der Waals surface area contributed by atoms with E-state index in [4.69, 9.17) is 0 Å². The van der Waals surface area contributed by atoms with Gasteiger partial charge in [0.05, 0.1) is 0 Å². The number of amides is 1. The molecule has 0 radical (unpaired) electrons. The third-order valence-electron chi connectivity index (χ3n) is 4.49. The Balaban J connectivity index is 1.86. The summed E-state index contributed by atoms with van der Waals surface area (Å²) in [5, 5.41) is 0. The topological polar surface area (TPSA) is 23.6 Å². The van der Waals surface area contributed by atoms with Crippen molar-refractivity contribution in [3.8, 4) is 0 Å². The predicted octanol–water partition coefficient (Wildman–Crippen LogP) is 3.25. The van der Waals surface area contributed by atoms with Gasteiger partial charge in [-0.1, -0.05) is 25.8 Å². The van der Waals surface area contributed by atoms with Crippen LogP contribution >= 0.6 is 0 Å². The largest absolute Gasteiger partial charge is 0.336 e. The van der Waals surface area contributed by atoms with Crippen LogP contribution < -0.4 is 0 Å². The fourth-order valence-corrected chi connectivity index (χ4v) is 2.82. The number of hydrogen-bond donors (Lipinski definition) is 0. The second-order valence-corrected chi connectivity index (χ2v) is 6.14. The van der Waals surface area contributed by atoms with Crippen LogP contribution in [0.1, 0.15) is 47.7 Å². The molecule has 1 aliphatic heterocycles. The fourth-order valence-electron chi connectivity index (χ4n) is 2.82. The molecule has 116 valence electrons. The minimum absolute atomic E-state index is 0.186. The Morgan fingerprint density at radius 2 is 1.76 bits per heavy atom. The Morgan fingerprint density at radius 3 is 2.38 bits per heavy atom. The number of piperazine rings is 1. The van der Waals surface area contributed by atoms with E-state index in [2.05, 4.69) is 25.7 Å². The van der Waals surface area contributed by atoms with Crippen LogP contribution in [0.25, 0.3) is 0 Å². The normalized spacial score (nSPS) is 16.2. The molecule has 3 heteroatoms. The Kier molecular flexibility index (Phi) is 5.80. The van der Waals surface area contributed by atoms with E-state index < -0.39 is 0 Å². The van der Waals surface area contributed by atoms with Gasteiger partial charge in [-0.05, 0) is 50.1 Å². The first kappa shape index (κ1) is 16.0. The lowest BCUT2D eigenvalue weighted by Gasteiger charge is -2.34. The lowest BCUT2D eigenvalue weighted by Crippen LogP contribution is -2.48. The molecule has 21 heavy (non-hydrogen) atoms. The molecular formula is C18H28N2O. The molecule has 0 atom stereocenters. The van der Waals surface area contributed by atoms with E-state index in [1.165, 1.54) is 36.9 Å². The Hall–Kier alpha value is -1.35. The van der Waals surface area contributed by atoms with Crippen molar-refractivity contribution in [1.29, 1.82) is 0 Å². The first-order valence-electron chi connectivity index (χ1n) is 8.20. The summed E-state index contributed by atoms with van der Waals surface area (Å²) in [5.41, 5.74) is 3.27. The van der Waals surface area contributed by atoms with E-state index in [0.717, 1.165) is 31.7 Å². The third-order valence-corrected chi connectivity index (χ3v) is 4.49. The number of carbonyl (C=O) groups excluding carboxylic acids is 1. The number of carbonyl (C=O) groups is 1. The molecule has 0 unspecified atom stereocenters. The zero-order valence-electron chi connectivity index (χ0n) is 13.7. The van der Waals surface area contributed by atoms with Crippen molar-refractivity contribution >= 4 is 5.91 Å². The first-order chi connectivity index (χ1) is 10.1. The summed E-state index contributed by atoms with van der Waals surface area (Å²) in [6.45, 7) is 11.3. The number of unbranched alkanes of at least 4 members (excludes halogenated alkanes) is 2. The smallest absolute Gasteiger partial charge is 0.253 e. The van der Waals surface area contributed by atoms with Gasteiger partial charge in [-0.2, -0.15) is 0 Å². The van der Waals surface area contributed by atoms with E-state index in [0.29, 0.717) is 0 Å². The molecule has 0 aliphatic carbocycles. The molecule has 0 bridgehead atoms. The molecule has 1 saturated heterocycles. The minimum Gasteiger partial charge on any atom is -0.336 e. The van der Waals surface area contributed by atoms with Crippen LogP contribution in [0, 0.1) is 13.8 Å². The molecule has 0 spiro atoms. The van der Waals surface area contributed by atoms with Gasteiger partial charge in [0.25, 0.3) is 5.91 Å². The van der Waals surface area contributed by atoms with Crippen molar-refractivity contribution in [3.63, 3.8) is 0 Å². The molecule has 1 aliphatic rings. The van der Waals surface area contributed by atoms with E-state index in [-0.39, 0.29) is 5.91 Å². The van der Waals surface area contributed by atoms with Crippen molar-refractivity contribution in [1.82, 2.24) is 9.80 Å². The number of nitrogens with zero attached hydrogens (tertiary/aromatic N) is 2. The highest BCUT2D eigenvalue weighted by atomic mass is 16.2. The zero-order chi connectivity index (χ0) is 15.2. The number of hydrogen-bond acceptors (Lipinski definition) is 2. The van der Waals surface area contributed by atoms with Gasteiger partial charge < -0.3 is 4.90 Å². The Morgan fingerprint density at radius 1 is 1.05 bits per heavy atom. The maximum atomic E-state index is 12.5. The highest BCUT2D eigenvalue weighted by Gasteiger charge is 2.21. The van der Waals surface area contributed by atoms with Crippen LogP contribution in [-0.4, -0.2) is 48.4 Å². The summed E-state index contributed by atoms with van der Waals surface area (Å²) in [7, 11) is 0. The van der Waals surface area contributed by atoms with Gasteiger partial charge in [-0.25, -0.2) is 0 Å². The molecule has 1 heterocycles. The van der Waals surface area contributed by atoms with Crippen LogP contribution in [-0.2, 0) is 0 Å². The average molecular weight is 288 g/mol. The van der Waals surface area contributed by atoms with E-state index in [1.54, 1.807) is 0 Å². The fraction of sp³-hybridized carbons (Fsp3) is 0.611. The van der Waals surface area contributed by atoms with Crippen molar-refractivity contribution in [2.24, 2.45) is 0 Å². The van der Waals surface area contributed by atoms with E-state index in [1.807, 2.05) is 23.1 Å². The maximum Gasteiger partial charge on any atom is 0.253 e. The second kappa shape index (κ2) is 7.60. The Labute approximate surface area is 128 Å². The first-order valence-corrected chi connectivity index (χ1v) is 8.20. The third kappa shape index (κ3) is 4.31. The standard InChI is InChI=1S/C18H28N2O/c1-4-5-6-9-19-10-12-20(13-11-19)18(21)17-8-7-15(2)16(3)14-17/h7-8,14H,4-6,9-13H2,1-3H3. The lowest BCUT2D eigenvalue weighted by atomic mass is 10.1. The molecule has 0 saturated carbocycles. The van der Waals surface area contributed by atoms with Gasteiger partial charge in [-0.3, -0.25) is 9.69 Å². The molecule has 3 nitrogen and oxygen atoms in total. The van der Waals surface area contributed by atoms with Gasteiger partial charge in [0, 0.05) is 31.7 Å². The van der Waals surface area contributed by atoms with Gasteiger partial charge in [0.15, 0.2) is 0 Å². The monoisotopic (exact) mass is 288 g/mol. The quantitative estimate of drug-likeness (QED) is 0.777. The summed E-state index contributed by atoms with van der Waals surface area (Å²) in [6, 6.07) is 6.02. The van der Waals surface area contributed by atoms with Gasteiger partial charge >= 0.3 is 0 Å². The SMILES string of the molecule is CCCCCN1CCN(C(=O)c2ccc(C)c(C)c2)CC1. The maximum absolute atomic E-state index is 12.5. The minimum atomic E-state index is 0.186. The van der Waals surface area contributed by atoms with Crippen molar-refractivity contribution < 1.29 is 4.79 Å². The molecule has 1 amide bonds. The molecule has 1 fully saturated rings. The van der Waals surface area contributed by atoms with Gasteiger partial charge in [-0.15, -0.1) is 0 Å². The molecule has 1 aromatic carbocycles. The van der Waals surface area contributed by atoms with Crippen molar-refractivity contribution in [2.45, 2.75) is 40.0 Å². The molecular weight excluding hydrogens is 260 g/mol. The highest BCUT2D eigenvalue weighted by Crippen LogP contribution is 2.14. The van der Waals surface area contributed by atoms with Crippen LogP contribution in [0.2, 0.25) is 0 Å². The highest BCUT2D eigenvalue weighted by molar-refractivity contribution is 5.94. The molecule has 0 N–H and O–H groups in total. The summed E-state index contributed by atoms with van der Waals surface area (Å²) in [4.78, 5) is 17.0. The van der Waals surface area contributed by atoms with Crippen LogP contribution in [0.15, 0.2) is 18.2 Å². The summed E-state index contributed by atoms with van der Waals surface area (Å²) >= 11 is 0. The predicted molar refractivity (Wildman–Crippen MR) is 87.8 cm³/mol. The van der Waals surface area contributed by atoms with Gasteiger partial charge in [0.2, 0.25) is 0 Å². The van der Waals surface area contributed by atoms with E-state index >= 15 is 0 Å². The Bertz CT molecular complexity index is 476. The number of benzene rings is 1. The summed E-state index contributed by atoms with van der Waals surface area (Å²) in [5.74, 6) is 0.186. The molecule has 2 rings (SSSR count). The number of aryl methyl sites for hydroxylation is 2. The van der Waals surface area contributed by atoms with Crippen LogP contribution in [0.5, 0.6) is 0 Å². The zero-order valence-corrected chi connectivity index (χ0v) is 13.7. The summed E-state index contributed by atoms with van der Waals surface area (Å²) in [6.07, 6.45) is 3.86.